The third kappa shape index (κ3) is 23.5. The third-order valence-electron chi connectivity index (χ3n) is 8.92. The molecular formula is C42H62O12. The van der Waals surface area contributed by atoms with Crippen molar-refractivity contribution in [3.63, 3.8) is 0 Å². The number of ether oxygens (including phenoxy) is 2. The monoisotopic (exact) mass is 758 g/mol. The van der Waals surface area contributed by atoms with E-state index in [1.165, 1.54) is 51.4 Å². The fourth-order valence-corrected chi connectivity index (χ4v) is 5.71. The van der Waals surface area contributed by atoms with Gasteiger partial charge in [0, 0.05) is 0 Å². The van der Waals surface area contributed by atoms with Crippen LogP contribution >= 0.6 is 0 Å². The van der Waals surface area contributed by atoms with E-state index >= 15 is 0 Å². The fourth-order valence-electron chi connectivity index (χ4n) is 5.71. The quantitative estimate of drug-likeness (QED) is 0.0312. The molecule has 0 atom stereocenters. The van der Waals surface area contributed by atoms with Crippen molar-refractivity contribution in [2.45, 2.75) is 155 Å². The van der Waals surface area contributed by atoms with E-state index in [0.29, 0.717) is 11.1 Å². The number of unbranched alkanes of at least 4 members (excludes halogenated alkanes) is 17. The molecule has 0 amide bonds. The van der Waals surface area contributed by atoms with Crippen molar-refractivity contribution in [2.75, 3.05) is 13.2 Å². The zero-order valence-electron chi connectivity index (χ0n) is 32.5. The average molecular weight is 759 g/mol. The summed E-state index contributed by atoms with van der Waals surface area (Å²) < 4.78 is 9.89. The van der Waals surface area contributed by atoms with Crippen LogP contribution in [0.3, 0.4) is 0 Å². The second-order valence-electron chi connectivity index (χ2n) is 13.5. The van der Waals surface area contributed by atoms with Gasteiger partial charge in [-0.25, -0.2) is 29.0 Å². The fraction of sp³-hybridized carbons (Fsp3) is 0.619. The van der Waals surface area contributed by atoms with Gasteiger partial charge in [-0.3, -0.25) is 9.78 Å². The molecule has 0 radical (unpaired) electrons. The van der Waals surface area contributed by atoms with Crippen molar-refractivity contribution in [1.29, 1.82) is 0 Å². The summed E-state index contributed by atoms with van der Waals surface area (Å²) in [5.41, 5.74) is 2.89. The Balaban J connectivity index is 1.29. The summed E-state index contributed by atoms with van der Waals surface area (Å²) in [6.07, 6.45) is 21.7. The van der Waals surface area contributed by atoms with E-state index in [0.717, 1.165) is 101 Å². The largest absolute Gasteiger partial charge is 0.543 e. The molecule has 0 aliphatic rings. The Morgan fingerprint density at radius 1 is 0.389 bits per heavy atom. The number of hydrogen-bond acceptors (Lipinski definition) is 12. The molecule has 0 aliphatic heterocycles. The first-order valence-corrected chi connectivity index (χ1v) is 20.0. The molecule has 0 aliphatic carbocycles. The summed E-state index contributed by atoms with van der Waals surface area (Å²) >= 11 is 0. The lowest BCUT2D eigenvalue weighted by molar-refractivity contribution is -0.452. The topological polar surface area (TPSA) is 142 Å². The zero-order valence-corrected chi connectivity index (χ0v) is 32.5. The summed E-state index contributed by atoms with van der Waals surface area (Å²) in [4.78, 5) is 65.0. The van der Waals surface area contributed by atoms with E-state index in [1.54, 1.807) is 24.3 Å². The van der Waals surface area contributed by atoms with Gasteiger partial charge < -0.3 is 9.47 Å². The van der Waals surface area contributed by atoms with Crippen molar-refractivity contribution in [2.24, 2.45) is 0 Å². The second kappa shape index (κ2) is 31.2. The number of carbonyl (C=O) groups is 4. The molecule has 0 fully saturated rings. The Bertz CT molecular complexity index is 1180. The molecule has 0 aromatic heterocycles. The minimum Gasteiger partial charge on any atom is -0.432 e. The van der Waals surface area contributed by atoms with Crippen molar-refractivity contribution in [3.05, 3.63) is 70.8 Å². The molecule has 2 aromatic rings. The maximum atomic E-state index is 12.0. The normalized spacial score (nSPS) is 10.8. The Hall–Kier alpha value is -4.16. The molecule has 0 N–H and O–H groups in total. The summed E-state index contributed by atoms with van der Waals surface area (Å²) in [6.45, 7) is 4.72. The standard InChI is InChI=1S/C42H62O12/c1-3-5-19-23-35-25-29-37(30-26-35)39(43)49-53-51-41(45)47-33-21-17-15-13-11-9-7-8-10-12-14-16-18-22-34-48-42(46)52-54-50-40(44)38-31-27-36(28-32-38)24-20-6-4-2/h25-32H,3-24,33-34H2,1-2H3. The van der Waals surface area contributed by atoms with Gasteiger partial charge in [0.1, 0.15) is 0 Å². The first-order valence-electron chi connectivity index (χ1n) is 20.0. The molecule has 0 saturated carbocycles. The van der Waals surface area contributed by atoms with Gasteiger partial charge in [0.2, 0.25) is 0 Å². The van der Waals surface area contributed by atoms with Gasteiger partial charge in [-0.05, 0) is 73.9 Å². The van der Waals surface area contributed by atoms with Crippen molar-refractivity contribution in [3.8, 4) is 0 Å². The number of aryl methyl sites for hydroxylation is 2. The average Bonchev–Trinajstić information content (AvgIpc) is 3.18. The van der Waals surface area contributed by atoms with Crippen LogP contribution in [-0.4, -0.2) is 37.5 Å². The first-order chi connectivity index (χ1) is 26.4. The lowest BCUT2D eigenvalue weighted by Gasteiger charge is -2.06. The summed E-state index contributed by atoms with van der Waals surface area (Å²) in [5.74, 6) is -1.52. The van der Waals surface area contributed by atoms with E-state index in [4.69, 9.17) is 9.47 Å². The van der Waals surface area contributed by atoms with Crippen molar-refractivity contribution in [1.82, 2.24) is 0 Å². The number of benzene rings is 2. The molecule has 12 heteroatoms. The van der Waals surface area contributed by atoms with E-state index in [9.17, 15) is 19.2 Å². The van der Waals surface area contributed by atoms with Crippen LogP contribution in [0.5, 0.6) is 0 Å². The zero-order chi connectivity index (χ0) is 38.9. The van der Waals surface area contributed by atoms with Gasteiger partial charge in [0.15, 0.2) is 0 Å². The molecule has 0 spiro atoms. The van der Waals surface area contributed by atoms with Gasteiger partial charge >= 0.3 is 24.2 Å². The molecule has 0 heterocycles. The second-order valence-corrected chi connectivity index (χ2v) is 13.5. The first kappa shape index (κ1) is 46.0. The molecule has 0 unspecified atom stereocenters. The molecule has 12 nitrogen and oxygen atoms in total. The van der Waals surface area contributed by atoms with Crippen LogP contribution in [0.15, 0.2) is 48.5 Å². The highest BCUT2D eigenvalue weighted by Crippen LogP contribution is 2.15. The van der Waals surface area contributed by atoms with E-state index in [1.807, 2.05) is 24.3 Å². The molecule has 0 bridgehead atoms. The van der Waals surface area contributed by atoms with Gasteiger partial charge in [-0.1, -0.05) is 141 Å². The van der Waals surface area contributed by atoms with Crippen LogP contribution in [0.4, 0.5) is 9.59 Å². The Morgan fingerprint density at radius 2 is 0.704 bits per heavy atom. The Kier molecular flexibility index (Phi) is 26.6. The van der Waals surface area contributed by atoms with Crippen LogP contribution in [0.2, 0.25) is 0 Å². The molecule has 2 rings (SSSR count). The van der Waals surface area contributed by atoms with Crippen LogP contribution in [0.25, 0.3) is 0 Å². The van der Waals surface area contributed by atoms with Crippen LogP contribution < -0.4 is 0 Å². The number of hydrogen-bond donors (Lipinski definition) is 0. The van der Waals surface area contributed by atoms with E-state index in [2.05, 4.69) is 43.5 Å². The lowest BCUT2D eigenvalue weighted by Crippen LogP contribution is -2.12. The van der Waals surface area contributed by atoms with Gasteiger partial charge in [-0.15, -0.1) is 0 Å². The molecule has 0 saturated heterocycles. The number of rotatable bonds is 31. The Morgan fingerprint density at radius 3 is 1.02 bits per heavy atom. The third-order valence-corrected chi connectivity index (χ3v) is 8.92. The van der Waals surface area contributed by atoms with Gasteiger partial charge in [-0.2, -0.15) is 0 Å². The van der Waals surface area contributed by atoms with Crippen molar-refractivity contribution >= 4 is 24.2 Å². The minimum atomic E-state index is -1.05. The molecule has 302 valence electrons. The SMILES string of the molecule is CCCCCc1ccc(C(=O)OOOC(=O)OCCCCCCCCCCCCCCCCOC(=O)OOOC(=O)c2ccc(CCCCC)cc2)cc1. The van der Waals surface area contributed by atoms with Crippen LogP contribution in [0.1, 0.15) is 174 Å². The maximum Gasteiger partial charge on any atom is 0.543 e. The van der Waals surface area contributed by atoms with E-state index < -0.39 is 24.2 Å². The Labute approximate surface area is 321 Å². The molecular weight excluding hydrogens is 696 g/mol. The predicted octanol–water partition coefficient (Wildman–Crippen LogP) is 11.6. The highest BCUT2D eigenvalue weighted by atomic mass is 17.5. The van der Waals surface area contributed by atoms with E-state index in [-0.39, 0.29) is 13.2 Å². The van der Waals surface area contributed by atoms with Gasteiger partial charge in [0.25, 0.3) is 0 Å². The van der Waals surface area contributed by atoms with Gasteiger partial charge in [0.05, 0.1) is 34.4 Å². The number of carbonyl (C=O) groups excluding carboxylic acids is 4. The van der Waals surface area contributed by atoms with Crippen LogP contribution in [-0.2, 0) is 51.9 Å². The summed E-state index contributed by atoms with van der Waals surface area (Å²) in [5, 5.41) is 8.58. The summed E-state index contributed by atoms with van der Waals surface area (Å²) in [7, 11) is 0. The maximum absolute atomic E-state index is 12.0. The smallest absolute Gasteiger partial charge is 0.432 e. The van der Waals surface area contributed by atoms with Crippen molar-refractivity contribution < 1.29 is 58.3 Å². The summed E-state index contributed by atoms with van der Waals surface area (Å²) in [6, 6.07) is 14.1. The highest BCUT2D eigenvalue weighted by molar-refractivity contribution is 5.89. The van der Waals surface area contributed by atoms with Crippen LogP contribution in [0, 0.1) is 0 Å². The molecule has 54 heavy (non-hydrogen) atoms. The predicted molar refractivity (Wildman–Crippen MR) is 202 cm³/mol. The minimum absolute atomic E-state index is 0.207. The molecule has 2 aromatic carbocycles. The lowest BCUT2D eigenvalue weighted by atomic mass is 10.0. The highest BCUT2D eigenvalue weighted by Gasteiger charge is 2.14.